The molecule has 1 aromatic heterocycles. The third-order valence-corrected chi connectivity index (χ3v) is 5.70. The molecule has 122 valence electrons. The first-order valence-electron chi connectivity index (χ1n) is 7.27. The monoisotopic (exact) mass is 363 g/mol. The first-order chi connectivity index (χ1) is 10.3. The standard InChI is InChI=1S/C15H19Cl2NO3S/c1-15(14(20)21)6-3-7-18(9-15)12(19)5-2-4-10-8-11(16)22-13(10)17/h8H,2-7,9H2,1H3,(H,20,21). The quantitative estimate of drug-likeness (QED) is 0.856. The summed E-state index contributed by atoms with van der Waals surface area (Å²) < 4.78 is 1.33. The molecule has 0 aliphatic carbocycles. The summed E-state index contributed by atoms with van der Waals surface area (Å²) in [6, 6.07) is 1.83. The minimum Gasteiger partial charge on any atom is -0.481 e. The Labute approximate surface area is 144 Å². The average Bonchev–Trinajstić information content (AvgIpc) is 2.77. The zero-order chi connectivity index (χ0) is 16.3. The van der Waals surface area contributed by atoms with E-state index in [0.717, 1.165) is 12.0 Å². The van der Waals surface area contributed by atoms with Crippen molar-refractivity contribution in [3.05, 3.63) is 20.3 Å². The fraction of sp³-hybridized carbons (Fsp3) is 0.600. The van der Waals surface area contributed by atoms with Crippen LogP contribution in [0.4, 0.5) is 0 Å². The first kappa shape index (κ1) is 17.6. The smallest absolute Gasteiger partial charge is 0.311 e. The first-order valence-corrected chi connectivity index (χ1v) is 8.84. The molecule has 1 saturated heterocycles. The number of aryl methyl sites for hydroxylation is 1. The molecule has 2 heterocycles. The van der Waals surface area contributed by atoms with E-state index in [2.05, 4.69) is 0 Å². The number of piperidine rings is 1. The highest BCUT2D eigenvalue weighted by Crippen LogP contribution is 2.33. The number of hydrogen-bond donors (Lipinski definition) is 1. The summed E-state index contributed by atoms with van der Waals surface area (Å²) in [4.78, 5) is 25.3. The molecule has 22 heavy (non-hydrogen) atoms. The van der Waals surface area contributed by atoms with Crippen molar-refractivity contribution in [2.24, 2.45) is 5.41 Å². The third kappa shape index (κ3) is 4.15. The van der Waals surface area contributed by atoms with Gasteiger partial charge in [0.15, 0.2) is 0 Å². The third-order valence-electron chi connectivity index (χ3n) is 4.13. The highest BCUT2D eigenvalue weighted by atomic mass is 35.5. The zero-order valence-electron chi connectivity index (χ0n) is 12.4. The summed E-state index contributed by atoms with van der Waals surface area (Å²) >= 11 is 13.3. The van der Waals surface area contributed by atoms with Crippen LogP contribution in [-0.2, 0) is 16.0 Å². The predicted molar refractivity (Wildman–Crippen MR) is 88.8 cm³/mol. The molecule has 0 bridgehead atoms. The second-order valence-corrected chi connectivity index (χ2v) is 8.27. The van der Waals surface area contributed by atoms with E-state index in [1.54, 1.807) is 11.8 Å². The Kier molecular flexibility index (Phi) is 5.75. The molecule has 0 radical (unpaired) electrons. The topological polar surface area (TPSA) is 57.6 Å². The van der Waals surface area contributed by atoms with Gasteiger partial charge in [-0.15, -0.1) is 11.3 Å². The molecular weight excluding hydrogens is 345 g/mol. The maximum absolute atomic E-state index is 12.3. The fourth-order valence-electron chi connectivity index (χ4n) is 2.76. The number of amides is 1. The minimum absolute atomic E-state index is 0.0182. The van der Waals surface area contributed by atoms with E-state index in [0.29, 0.717) is 47.4 Å². The Hall–Kier alpha value is -0.780. The van der Waals surface area contributed by atoms with Gasteiger partial charge in [-0.05, 0) is 44.2 Å². The van der Waals surface area contributed by atoms with E-state index in [9.17, 15) is 14.7 Å². The lowest BCUT2D eigenvalue weighted by Crippen LogP contribution is -2.48. The van der Waals surface area contributed by atoms with Crippen LogP contribution in [0.15, 0.2) is 6.07 Å². The van der Waals surface area contributed by atoms with Crippen molar-refractivity contribution >= 4 is 46.4 Å². The van der Waals surface area contributed by atoms with Crippen molar-refractivity contribution in [3.63, 3.8) is 0 Å². The summed E-state index contributed by atoms with van der Waals surface area (Å²) in [5.74, 6) is -0.811. The average molecular weight is 364 g/mol. The maximum atomic E-state index is 12.3. The van der Waals surface area contributed by atoms with Gasteiger partial charge in [0.1, 0.15) is 0 Å². The molecule has 0 spiro atoms. The van der Waals surface area contributed by atoms with Crippen LogP contribution >= 0.6 is 34.5 Å². The molecular formula is C15H19Cl2NO3S. The SMILES string of the molecule is CC1(C(=O)O)CCCN(C(=O)CCCc2cc(Cl)sc2Cl)C1. The van der Waals surface area contributed by atoms with Crippen molar-refractivity contribution in [2.45, 2.75) is 39.0 Å². The van der Waals surface area contributed by atoms with E-state index in [4.69, 9.17) is 23.2 Å². The van der Waals surface area contributed by atoms with Gasteiger partial charge in [-0.2, -0.15) is 0 Å². The predicted octanol–water partition coefficient (Wildman–Crippen LogP) is 4.09. The lowest BCUT2D eigenvalue weighted by molar-refractivity contribution is -0.153. The Morgan fingerprint density at radius 2 is 2.18 bits per heavy atom. The zero-order valence-corrected chi connectivity index (χ0v) is 14.7. The van der Waals surface area contributed by atoms with Crippen molar-refractivity contribution in [1.82, 2.24) is 4.90 Å². The largest absolute Gasteiger partial charge is 0.481 e. The highest BCUT2D eigenvalue weighted by Gasteiger charge is 2.39. The van der Waals surface area contributed by atoms with Crippen LogP contribution in [0.2, 0.25) is 8.67 Å². The number of carbonyl (C=O) groups excluding carboxylic acids is 1. The number of carboxylic acids is 1. The Bertz CT molecular complexity index is 575. The number of thiophene rings is 1. The summed E-state index contributed by atoms with van der Waals surface area (Å²) in [6.45, 7) is 2.65. The van der Waals surface area contributed by atoms with Crippen molar-refractivity contribution in [2.75, 3.05) is 13.1 Å². The van der Waals surface area contributed by atoms with E-state index in [-0.39, 0.29) is 5.91 Å². The summed E-state index contributed by atoms with van der Waals surface area (Å²) in [6.07, 6.45) is 3.15. The molecule has 1 aliphatic heterocycles. The van der Waals surface area contributed by atoms with Crippen LogP contribution in [0.5, 0.6) is 0 Å². The molecule has 0 aromatic carbocycles. The maximum Gasteiger partial charge on any atom is 0.311 e. The van der Waals surface area contributed by atoms with E-state index < -0.39 is 11.4 Å². The summed E-state index contributed by atoms with van der Waals surface area (Å²) in [5.41, 5.74) is 0.149. The second-order valence-electron chi connectivity index (χ2n) is 5.99. The number of halogens is 2. The number of carboxylic acid groups (broad SMARTS) is 1. The van der Waals surface area contributed by atoms with Gasteiger partial charge in [-0.3, -0.25) is 9.59 Å². The molecule has 1 aromatic rings. The Morgan fingerprint density at radius 3 is 2.77 bits per heavy atom. The molecule has 4 nitrogen and oxygen atoms in total. The van der Waals surface area contributed by atoms with Gasteiger partial charge in [0.05, 0.1) is 14.1 Å². The number of rotatable bonds is 5. The second kappa shape index (κ2) is 7.20. The summed E-state index contributed by atoms with van der Waals surface area (Å²) in [7, 11) is 0. The normalized spacial score (nSPS) is 21.9. The number of likely N-dealkylation sites (tertiary alicyclic amines) is 1. The summed E-state index contributed by atoms with van der Waals surface area (Å²) in [5, 5.41) is 9.29. The molecule has 1 N–H and O–H groups in total. The Balaban J connectivity index is 1.84. The van der Waals surface area contributed by atoms with Crippen molar-refractivity contribution in [1.29, 1.82) is 0 Å². The van der Waals surface area contributed by atoms with E-state index >= 15 is 0 Å². The van der Waals surface area contributed by atoms with Crippen molar-refractivity contribution in [3.8, 4) is 0 Å². The lowest BCUT2D eigenvalue weighted by Gasteiger charge is -2.37. The van der Waals surface area contributed by atoms with Crippen molar-refractivity contribution < 1.29 is 14.7 Å². The Morgan fingerprint density at radius 1 is 1.45 bits per heavy atom. The van der Waals surface area contributed by atoms with Gasteiger partial charge in [-0.25, -0.2) is 0 Å². The highest BCUT2D eigenvalue weighted by molar-refractivity contribution is 7.20. The number of hydrogen-bond acceptors (Lipinski definition) is 3. The molecule has 1 amide bonds. The van der Waals surface area contributed by atoms with Crippen LogP contribution in [-0.4, -0.2) is 35.0 Å². The van der Waals surface area contributed by atoms with E-state index in [1.807, 2.05) is 6.07 Å². The van der Waals surface area contributed by atoms with Gasteiger partial charge in [0.25, 0.3) is 0 Å². The molecule has 1 atom stereocenters. The van der Waals surface area contributed by atoms with Crippen LogP contribution in [0, 0.1) is 5.41 Å². The van der Waals surface area contributed by atoms with Gasteiger partial charge >= 0.3 is 5.97 Å². The van der Waals surface area contributed by atoms with Crippen LogP contribution in [0.3, 0.4) is 0 Å². The van der Waals surface area contributed by atoms with Gasteiger partial charge < -0.3 is 10.0 Å². The lowest BCUT2D eigenvalue weighted by atomic mass is 9.82. The molecule has 1 fully saturated rings. The fourth-order valence-corrected chi connectivity index (χ4v) is 4.30. The molecule has 0 saturated carbocycles. The van der Waals surface area contributed by atoms with Crippen LogP contribution in [0.1, 0.15) is 38.2 Å². The van der Waals surface area contributed by atoms with E-state index in [1.165, 1.54) is 11.3 Å². The number of aliphatic carboxylic acids is 1. The molecule has 2 rings (SSSR count). The van der Waals surface area contributed by atoms with Crippen LogP contribution in [0.25, 0.3) is 0 Å². The molecule has 1 unspecified atom stereocenters. The van der Waals surface area contributed by atoms with Gasteiger partial charge in [-0.1, -0.05) is 23.2 Å². The van der Waals surface area contributed by atoms with Gasteiger partial charge in [0, 0.05) is 19.5 Å². The molecule has 1 aliphatic rings. The number of nitrogens with zero attached hydrogens (tertiary/aromatic N) is 1. The molecule has 7 heteroatoms. The number of carbonyl (C=O) groups is 2. The minimum atomic E-state index is -0.829. The van der Waals surface area contributed by atoms with Gasteiger partial charge in [0.2, 0.25) is 5.91 Å². The van der Waals surface area contributed by atoms with Crippen LogP contribution < -0.4 is 0 Å².